The molecule has 3 nitrogen and oxygen atoms in total. The van der Waals surface area contributed by atoms with Gasteiger partial charge < -0.3 is 0 Å². The Hall–Kier alpha value is -5.15. The molecule has 0 saturated heterocycles. The van der Waals surface area contributed by atoms with Gasteiger partial charge in [0.05, 0.1) is 28.1 Å². The molecule has 0 amide bonds. The summed E-state index contributed by atoms with van der Waals surface area (Å²) in [5.41, 5.74) is 10.1. The molecule has 0 aliphatic heterocycles. The van der Waals surface area contributed by atoms with Crippen molar-refractivity contribution in [1.82, 2.24) is 15.0 Å². The zero-order chi connectivity index (χ0) is 25.3. The minimum Gasteiger partial charge on any atom is -0.256 e. The number of nitrogens with zero attached hydrogens (tertiary/aromatic N) is 3. The molecule has 0 saturated carbocycles. The number of hydrogen-bond acceptors (Lipinski definition) is 3. The number of fused-ring (bicyclic) bond motifs is 2. The maximum Gasteiger partial charge on any atom is 0.0979 e. The summed E-state index contributed by atoms with van der Waals surface area (Å²) in [6.45, 7) is 0. The van der Waals surface area contributed by atoms with E-state index in [-0.39, 0.29) is 0 Å². The van der Waals surface area contributed by atoms with Crippen molar-refractivity contribution >= 4 is 21.8 Å². The topological polar surface area (TPSA) is 38.7 Å². The van der Waals surface area contributed by atoms with Crippen molar-refractivity contribution in [2.75, 3.05) is 0 Å². The molecule has 38 heavy (non-hydrogen) atoms. The van der Waals surface area contributed by atoms with Gasteiger partial charge in [0, 0.05) is 22.9 Å². The van der Waals surface area contributed by atoms with Crippen LogP contribution >= 0.6 is 0 Å². The van der Waals surface area contributed by atoms with Gasteiger partial charge in [0.15, 0.2) is 0 Å². The average molecular weight is 486 g/mol. The van der Waals surface area contributed by atoms with E-state index < -0.39 is 0 Å². The Kier molecular flexibility index (Phi) is 5.45. The first-order valence-corrected chi connectivity index (χ1v) is 12.7. The molecule has 0 aliphatic carbocycles. The number of benzene rings is 5. The van der Waals surface area contributed by atoms with Crippen LogP contribution in [0.15, 0.2) is 140 Å². The summed E-state index contributed by atoms with van der Waals surface area (Å²) < 4.78 is 0. The molecule has 0 unspecified atom stereocenters. The Bertz CT molecular complexity index is 1890. The van der Waals surface area contributed by atoms with Crippen molar-refractivity contribution < 1.29 is 0 Å². The summed E-state index contributed by atoms with van der Waals surface area (Å²) in [5.74, 6) is 0. The lowest BCUT2D eigenvalue weighted by Gasteiger charge is -2.14. The molecule has 2 heterocycles. The van der Waals surface area contributed by atoms with Crippen molar-refractivity contribution in [3.8, 4) is 44.9 Å². The predicted molar refractivity (Wildman–Crippen MR) is 157 cm³/mol. The second-order valence-corrected chi connectivity index (χ2v) is 9.27. The van der Waals surface area contributed by atoms with Crippen LogP contribution in [0, 0.1) is 0 Å². The van der Waals surface area contributed by atoms with Crippen LogP contribution in [-0.4, -0.2) is 15.0 Å². The molecule has 0 spiro atoms. The minimum atomic E-state index is 0.889. The molecule has 0 fully saturated rings. The van der Waals surface area contributed by atoms with Crippen LogP contribution < -0.4 is 0 Å². The van der Waals surface area contributed by atoms with E-state index in [0.717, 1.165) is 50.2 Å². The zero-order valence-corrected chi connectivity index (χ0v) is 20.6. The largest absolute Gasteiger partial charge is 0.256 e. The third kappa shape index (κ3) is 3.91. The summed E-state index contributed by atoms with van der Waals surface area (Å²) >= 11 is 0. The smallest absolute Gasteiger partial charge is 0.0979 e. The van der Waals surface area contributed by atoms with Crippen LogP contribution in [0.4, 0.5) is 0 Å². The summed E-state index contributed by atoms with van der Waals surface area (Å²) in [7, 11) is 0. The van der Waals surface area contributed by atoms with Crippen LogP contribution in [0.2, 0.25) is 0 Å². The fraction of sp³-hybridized carbons (Fsp3) is 0. The molecule has 0 bridgehead atoms. The molecule has 5 aromatic carbocycles. The first-order valence-electron chi connectivity index (χ1n) is 12.7. The Labute approximate surface area is 221 Å². The highest BCUT2D eigenvalue weighted by molar-refractivity contribution is 6.06. The highest BCUT2D eigenvalue weighted by Gasteiger charge is 2.16. The van der Waals surface area contributed by atoms with Gasteiger partial charge in [0.1, 0.15) is 0 Å². The van der Waals surface area contributed by atoms with E-state index in [0.29, 0.717) is 0 Å². The monoisotopic (exact) mass is 485 g/mol. The van der Waals surface area contributed by atoms with Crippen molar-refractivity contribution in [2.45, 2.75) is 0 Å². The van der Waals surface area contributed by atoms with E-state index in [4.69, 9.17) is 9.97 Å². The van der Waals surface area contributed by atoms with Gasteiger partial charge in [0.25, 0.3) is 0 Å². The Morgan fingerprint density at radius 2 is 0.974 bits per heavy atom. The molecule has 0 aliphatic rings. The van der Waals surface area contributed by atoms with Crippen LogP contribution in [0.25, 0.3) is 66.7 Å². The zero-order valence-electron chi connectivity index (χ0n) is 20.6. The van der Waals surface area contributed by atoms with Crippen LogP contribution in [0.5, 0.6) is 0 Å². The van der Waals surface area contributed by atoms with E-state index >= 15 is 0 Å². The lowest BCUT2D eigenvalue weighted by atomic mass is 9.92. The quantitative estimate of drug-likeness (QED) is 0.250. The van der Waals surface area contributed by atoms with Gasteiger partial charge in [-0.3, -0.25) is 4.98 Å². The fourth-order valence-corrected chi connectivity index (χ4v) is 5.11. The van der Waals surface area contributed by atoms with E-state index in [1.165, 1.54) is 16.5 Å². The summed E-state index contributed by atoms with van der Waals surface area (Å²) in [5, 5.41) is 2.34. The van der Waals surface area contributed by atoms with Crippen LogP contribution in [0.3, 0.4) is 0 Å². The van der Waals surface area contributed by atoms with Crippen molar-refractivity contribution in [1.29, 1.82) is 0 Å². The first kappa shape index (κ1) is 22.1. The Morgan fingerprint density at radius 3 is 1.68 bits per heavy atom. The second kappa shape index (κ2) is 9.38. The molecule has 0 atom stereocenters. The van der Waals surface area contributed by atoms with Gasteiger partial charge in [-0.05, 0) is 46.2 Å². The Morgan fingerprint density at radius 1 is 0.368 bits per heavy atom. The summed E-state index contributed by atoms with van der Waals surface area (Å²) in [4.78, 5) is 14.7. The maximum absolute atomic E-state index is 5.15. The normalized spacial score (nSPS) is 11.2. The fourth-order valence-electron chi connectivity index (χ4n) is 5.11. The third-order valence-corrected chi connectivity index (χ3v) is 6.95. The molecular weight excluding hydrogens is 462 g/mol. The van der Waals surface area contributed by atoms with Crippen molar-refractivity contribution in [2.24, 2.45) is 0 Å². The summed E-state index contributed by atoms with van der Waals surface area (Å²) in [6.07, 6.45) is 1.83. The van der Waals surface area contributed by atoms with Gasteiger partial charge in [-0.1, -0.05) is 109 Å². The summed E-state index contributed by atoms with van der Waals surface area (Å²) in [6, 6.07) is 46.0. The SMILES string of the molecule is c1ccc(-c2nc3ccccc3nc2-c2cccc3c(-c4ccc(-c5ccccn5)cc4)cccc23)cc1. The molecule has 178 valence electrons. The number of rotatable bonds is 4. The molecule has 7 rings (SSSR count). The molecule has 2 aromatic heterocycles. The molecule has 0 radical (unpaired) electrons. The van der Waals surface area contributed by atoms with E-state index in [1.54, 1.807) is 0 Å². The molecule has 3 heteroatoms. The maximum atomic E-state index is 5.15. The number of para-hydroxylation sites is 2. The van der Waals surface area contributed by atoms with Gasteiger partial charge in [-0.2, -0.15) is 0 Å². The van der Waals surface area contributed by atoms with Gasteiger partial charge in [-0.15, -0.1) is 0 Å². The first-order chi connectivity index (χ1) is 18.8. The molecular formula is C35H23N3. The molecule has 7 aromatic rings. The Balaban J connectivity index is 1.41. The lowest BCUT2D eigenvalue weighted by molar-refractivity contribution is 1.30. The van der Waals surface area contributed by atoms with Crippen LogP contribution in [-0.2, 0) is 0 Å². The van der Waals surface area contributed by atoms with Gasteiger partial charge in [-0.25, -0.2) is 9.97 Å². The third-order valence-electron chi connectivity index (χ3n) is 6.95. The average Bonchev–Trinajstić information content (AvgIpc) is 3.01. The predicted octanol–water partition coefficient (Wildman–Crippen LogP) is 8.85. The molecule has 0 N–H and O–H groups in total. The highest BCUT2D eigenvalue weighted by atomic mass is 14.8. The van der Waals surface area contributed by atoms with Crippen molar-refractivity contribution in [3.05, 3.63) is 140 Å². The van der Waals surface area contributed by atoms with Crippen molar-refractivity contribution in [3.63, 3.8) is 0 Å². The van der Waals surface area contributed by atoms with Gasteiger partial charge >= 0.3 is 0 Å². The minimum absolute atomic E-state index is 0.889. The number of hydrogen-bond donors (Lipinski definition) is 0. The van der Waals surface area contributed by atoms with Crippen LogP contribution in [0.1, 0.15) is 0 Å². The van der Waals surface area contributed by atoms with E-state index in [9.17, 15) is 0 Å². The lowest BCUT2D eigenvalue weighted by Crippen LogP contribution is -1.96. The number of aromatic nitrogens is 3. The van der Waals surface area contributed by atoms with E-state index in [2.05, 4.69) is 77.8 Å². The van der Waals surface area contributed by atoms with E-state index in [1.807, 2.05) is 66.9 Å². The standard InChI is InChI=1S/C35H23N3/c1-2-10-26(11-3-1)34-35(38-33-18-5-4-17-32(33)37-34)30-15-9-13-28-27(12-8-14-29(28)30)24-19-21-25(22-20-24)31-16-6-7-23-36-31/h1-23H. The number of pyridine rings is 1. The van der Waals surface area contributed by atoms with Gasteiger partial charge in [0.2, 0.25) is 0 Å². The highest BCUT2D eigenvalue weighted by Crippen LogP contribution is 2.38. The second-order valence-electron chi connectivity index (χ2n) is 9.27.